The molecule has 1 aromatic carbocycles. The molecule has 0 radical (unpaired) electrons. The maximum absolute atomic E-state index is 3.05. The third-order valence-electron chi connectivity index (χ3n) is 1.56. The Morgan fingerprint density at radius 2 is 1.91 bits per heavy atom. The van der Waals surface area contributed by atoms with E-state index >= 15 is 0 Å². The van der Waals surface area contributed by atoms with E-state index in [1.165, 1.54) is 5.56 Å². The highest BCUT2D eigenvalue weighted by atomic mass is 13.9. The lowest BCUT2D eigenvalue weighted by molar-refractivity contribution is 1.03. The molecule has 1 aromatic rings. The Hall–Kier alpha value is -1.22. The Labute approximate surface area is 68.3 Å². The van der Waals surface area contributed by atoms with Crippen molar-refractivity contribution in [2.45, 2.75) is 19.8 Å². The summed E-state index contributed by atoms with van der Waals surface area (Å²) in [6, 6.07) is 10.4. The molecule has 1 rings (SSSR count). The van der Waals surface area contributed by atoms with Gasteiger partial charge in [0.2, 0.25) is 0 Å². The van der Waals surface area contributed by atoms with Gasteiger partial charge in [-0.1, -0.05) is 30.3 Å². The van der Waals surface area contributed by atoms with Crippen molar-refractivity contribution < 1.29 is 0 Å². The summed E-state index contributed by atoms with van der Waals surface area (Å²) in [6.45, 7) is 1.88. The molecule has 56 valence electrons. The summed E-state index contributed by atoms with van der Waals surface area (Å²) in [7, 11) is 0. The Morgan fingerprint density at radius 1 is 1.18 bits per heavy atom. The van der Waals surface area contributed by atoms with Gasteiger partial charge in [-0.25, -0.2) is 0 Å². The first-order chi connectivity index (χ1) is 5.43. The molecule has 0 aliphatic heterocycles. The number of hydrogen-bond acceptors (Lipinski definition) is 0. The lowest BCUT2D eigenvalue weighted by Crippen LogP contribution is -1.80. The van der Waals surface area contributed by atoms with Crippen LogP contribution in [-0.4, -0.2) is 0 Å². The largest absolute Gasteiger partial charge is 0.107 e. The van der Waals surface area contributed by atoms with Crippen LogP contribution in [0.2, 0.25) is 0 Å². The molecule has 0 saturated carbocycles. The first-order valence-electron chi connectivity index (χ1n) is 3.87. The van der Waals surface area contributed by atoms with Gasteiger partial charge in [0, 0.05) is 6.42 Å². The van der Waals surface area contributed by atoms with Crippen LogP contribution < -0.4 is 0 Å². The lowest BCUT2D eigenvalue weighted by atomic mass is 10.1. The van der Waals surface area contributed by atoms with E-state index in [9.17, 15) is 0 Å². The first kappa shape index (κ1) is 7.88. The summed E-state index contributed by atoms with van der Waals surface area (Å²) in [5.74, 6) is 5.93. The van der Waals surface area contributed by atoms with E-state index in [0.717, 1.165) is 12.8 Å². The Bertz CT molecular complexity index is 248. The predicted molar refractivity (Wildman–Crippen MR) is 48.2 cm³/mol. The predicted octanol–water partition coefficient (Wildman–Crippen LogP) is 2.64. The number of rotatable bonds is 2. The van der Waals surface area contributed by atoms with Crippen LogP contribution in [0.4, 0.5) is 0 Å². The molecule has 0 atom stereocenters. The van der Waals surface area contributed by atoms with E-state index in [1.807, 2.05) is 13.0 Å². The number of benzene rings is 1. The van der Waals surface area contributed by atoms with Crippen LogP contribution in [0.5, 0.6) is 0 Å². The van der Waals surface area contributed by atoms with Gasteiger partial charge in [-0.2, -0.15) is 0 Å². The van der Waals surface area contributed by atoms with Gasteiger partial charge in [0.15, 0.2) is 0 Å². The highest BCUT2D eigenvalue weighted by Crippen LogP contribution is 2.00. The van der Waals surface area contributed by atoms with Crippen LogP contribution >= 0.6 is 0 Å². The van der Waals surface area contributed by atoms with E-state index in [4.69, 9.17) is 0 Å². The number of aryl methyl sites for hydroxylation is 1. The molecule has 11 heavy (non-hydrogen) atoms. The second-order valence-electron chi connectivity index (χ2n) is 2.41. The van der Waals surface area contributed by atoms with Gasteiger partial charge in [0.05, 0.1) is 0 Å². The highest BCUT2D eigenvalue weighted by molar-refractivity contribution is 5.16. The summed E-state index contributed by atoms with van der Waals surface area (Å²) in [5, 5.41) is 0. The maximum Gasteiger partial charge on any atom is 0.0129 e. The maximum atomic E-state index is 3.05. The van der Waals surface area contributed by atoms with Crippen LogP contribution in [0, 0.1) is 11.8 Å². The molecule has 0 heteroatoms. The van der Waals surface area contributed by atoms with Crippen LogP contribution in [-0.2, 0) is 6.42 Å². The third kappa shape index (κ3) is 2.91. The Kier molecular flexibility index (Phi) is 3.28. The normalized spacial score (nSPS) is 8.45. The molecule has 0 spiro atoms. The molecule has 0 saturated heterocycles. The van der Waals surface area contributed by atoms with Crippen molar-refractivity contribution in [2.24, 2.45) is 0 Å². The van der Waals surface area contributed by atoms with Crippen molar-refractivity contribution in [1.82, 2.24) is 0 Å². The minimum Gasteiger partial charge on any atom is -0.107 e. The topological polar surface area (TPSA) is 0 Å². The van der Waals surface area contributed by atoms with E-state index in [0.29, 0.717) is 0 Å². The van der Waals surface area contributed by atoms with E-state index in [-0.39, 0.29) is 0 Å². The molecular weight excluding hydrogens is 132 g/mol. The standard InChI is InChI=1S/C11H12/c1-2-3-5-8-11-9-6-4-7-10-11/h4,6-7,9-10H,5,8H2,1H3. The molecule has 0 heterocycles. The van der Waals surface area contributed by atoms with Crippen LogP contribution in [0.3, 0.4) is 0 Å². The van der Waals surface area contributed by atoms with Gasteiger partial charge in [-0.05, 0) is 18.9 Å². The average molecular weight is 144 g/mol. The van der Waals surface area contributed by atoms with Gasteiger partial charge >= 0.3 is 0 Å². The van der Waals surface area contributed by atoms with Gasteiger partial charge in [-0.15, -0.1) is 11.8 Å². The van der Waals surface area contributed by atoms with Crippen LogP contribution in [0.25, 0.3) is 0 Å². The fraction of sp³-hybridized carbons (Fsp3) is 0.273. The molecular formula is C11H12. The van der Waals surface area contributed by atoms with Crippen molar-refractivity contribution in [3.8, 4) is 11.8 Å². The summed E-state index contributed by atoms with van der Waals surface area (Å²) < 4.78 is 0. The Morgan fingerprint density at radius 3 is 2.55 bits per heavy atom. The molecule has 0 aliphatic carbocycles. The minimum absolute atomic E-state index is 0.973. The SMILES string of the molecule is CC#CCCc1ccccc1. The molecule has 0 N–H and O–H groups in total. The third-order valence-corrected chi connectivity index (χ3v) is 1.56. The van der Waals surface area contributed by atoms with Crippen molar-refractivity contribution in [3.05, 3.63) is 35.9 Å². The van der Waals surface area contributed by atoms with Gasteiger partial charge in [0.25, 0.3) is 0 Å². The minimum atomic E-state index is 0.973. The molecule has 0 unspecified atom stereocenters. The summed E-state index contributed by atoms with van der Waals surface area (Å²) in [6.07, 6.45) is 2.04. The zero-order chi connectivity index (χ0) is 7.94. The summed E-state index contributed by atoms with van der Waals surface area (Å²) in [5.41, 5.74) is 1.37. The van der Waals surface area contributed by atoms with Crippen molar-refractivity contribution in [3.63, 3.8) is 0 Å². The van der Waals surface area contributed by atoms with Gasteiger partial charge < -0.3 is 0 Å². The zero-order valence-electron chi connectivity index (χ0n) is 6.80. The Balaban J connectivity index is 2.43. The van der Waals surface area contributed by atoms with Crippen molar-refractivity contribution in [1.29, 1.82) is 0 Å². The lowest BCUT2D eigenvalue weighted by Gasteiger charge is -1.93. The molecule has 0 bridgehead atoms. The van der Waals surface area contributed by atoms with Crippen LogP contribution in [0.1, 0.15) is 18.9 Å². The quantitative estimate of drug-likeness (QED) is 0.560. The molecule has 0 aromatic heterocycles. The summed E-state index contributed by atoms with van der Waals surface area (Å²) in [4.78, 5) is 0. The smallest absolute Gasteiger partial charge is 0.0129 e. The fourth-order valence-electron chi connectivity index (χ4n) is 0.977. The van der Waals surface area contributed by atoms with Gasteiger partial charge in [-0.3, -0.25) is 0 Å². The second kappa shape index (κ2) is 4.57. The van der Waals surface area contributed by atoms with Crippen LogP contribution in [0.15, 0.2) is 30.3 Å². The first-order valence-corrected chi connectivity index (χ1v) is 3.87. The molecule has 0 fully saturated rings. The average Bonchev–Trinajstić information content (AvgIpc) is 2.07. The van der Waals surface area contributed by atoms with Gasteiger partial charge in [0.1, 0.15) is 0 Å². The van der Waals surface area contributed by atoms with Crippen molar-refractivity contribution >= 4 is 0 Å². The fourth-order valence-corrected chi connectivity index (χ4v) is 0.977. The summed E-state index contributed by atoms with van der Waals surface area (Å²) >= 11 is 0. The second-order valence-corrected chi connectivity index (χ2v) is 2.41. The highest BCUT2D eigenvalue weighted by Gasteiger charge is 1.86. The molecule has 0 aliphatic rings. The van der Waals surface area contributed by atoms with Crippen molar-refractivity contribution in [2.75, 3.05) is 0 Å². The van der Waals surface area contributed by atoms with E-state index in [1.54, 1.807) is 0 Å². The number of hydrogen-bond donors (Lipinski definition) is 0. The zero-order valence-corrected chi connectivity index (χ0v) is 6.80. The molecule has 0 nitrogen and oxygen atoms in total. The van der Waals surface area contributed by atoms with E-state index in [2.05, 4.69) is 36.1 Å². The monoisotopic (exact) mass is 144 g/mol. The molecule has 0 amide bonds. The van der Waals surface area contributed by atoms with E-state index < -0.39 is 0 Å².